The maximum absolute atomic E-state index is 12.3. The van der Waals surface area contributed by atoms with Crippen LogP contribution in [0.5, 0.6) is 5.75 Å². The topological polar surface area (TPSA) is 46.6 Å². The molecule has 0 aliphatic heterocycles. The molecule has 0 aliphatic rings. The summed E-state index contributed by atoms with van der Waals surface area (Å²) in [5, 5.41) is 0.584. The average Bonchev–Trinajstić information content (AvgIpc) is 2.58. The van der Waals surface area contributed by atoms with Crippen LogP contribution in [0.1, 0.15) is 15.9 Å². The summed E-state index contributed by atoms with van der Waals surface area (Å²) in [4.78, 5) is 25.2. The fraction of sp³-hybridized carbons (Fsp3) is 0.158. The minimum atomic E-state index is -0.167. The van der Waals surface area contributed by atoms with Crippen LogP contribution in [-0.4, -0.2) is 37.3 Å². The highest BCUT2D eigenvalue weighted by molar-refractivity contribution is 6.32. The first-order valence-electron chi connectivity index (χ1n) is 7.37. The molecule has 0 atom stereocenters. The molecule has 0 saturated heterocycles. The molecular weight excluding hydrogens is 326 g/mol. The molecule has 0 aromatic heterocycles. The van der Waals surface area contributed by atoms with Crippen molar-refractivity contribution in [3.63, 3.8) is 0 Å². The third kappa shape index (κ3) is 4.96. The molecule has 2 aromatic rings. The minimum Gasteiger partial charge on any atom is -0.484 e. The van der Waals surface area contributed by atoms with Gasteiger partial charge in [-0.2, -0.15) is 0 Å². The van der Waals surface area contributed by atoms with E-state index < -0.39 is 0 Å². The summed E-state index contributed by atoms with van der Waals surface area (Å²) in [5.74, 6) is 0.159. The maximum atomic E-state index is 12.3. The minimum absolute atomic E-state index is 0.0693. The summed E-state index contributed by atoms with van der Waals surface area (Å²) in [6, 6.07) is 14.0. The standard InChI is InChI=1S/C19H18ClNO3/c1-21(2)19(23)13-24-16-8-5-7-15(12-16)18(22)11-10-14-6-3-4-9-17(14)20/h3-12H,13H2,1-2H3. The molecule has 2 rings (SSSR count). The maximum Gasteiger partial charge on any atom is 0.259 e. The second-order valence-electron chi connectivity index (χ2n) is 5.32. The van der Waals surface area contributed by atoms with Gasteiger partial charge in [0.2, 0.25) is 0 Å². The molecule has 24 heavy (non-hydrogen) atoms. The van der Waals surface area contributed by atoms with Gasteiger partial charge in [0.25, 0.3) is 5.91 Å². The van der Waals surface area contributed by atoms with Crippen molar-refractivity contribution >= 4 is 29.4 Å². The molecule has 124 valence electrons. The molecular formula is C19H18ClNO3. The third-order valence-corrected chi connectivity index (χ3v) is 3.64. The molecule has 2 aromatic carbocycles. The van der Waals surface area contributed by atoms with Gasteiger partial charge in [0.15, 0.2) is 12.4 Å². The number of rotatable bonds is 6. The fourth-order valence-corrected chi connectivity index (χ4v) is 2.08. The van der Waals surface area contributed by atoms with Crippen LogP contribution in [0.4, 0.5) is 0 Å². The molecule has 0 saturated carbocycles. The van der Waals surface area contributed by atoms with Gasteiger partial charge in [0, 0.05) is 24.7 Å². The number of likely N-dealkylation sites (N-methyl/N-ethyl adjacent to an activating group) is 1. The van der Waals surface area contributed by atoms with Gasteiger partial charge in [-0.15, -0.1) is 0 Å². The van der Waals surface area contributed by atoms with Crippen LogP contribution >= 0.6 is 11.6 Å². The van der Waals surface area contributed by atoms with Gasteiger partial charge in [-0.3, -0.25) is 9.59 Å². The molecule has 0 radical (unpaired) electrons. The predicted molar refractivity (Wildman–Crippen MR) is 95.4 cm³/mol. The number of hydrogen-bond donors (Lipinski definition) is 0. The van der Waals surface area contributed by atoms with Gasteiger partial charge >= 0.3 is 0 Å². The van der Waals surface area contributed by atoms with Crippen LogP contribution in [0.25, 0.3) is 6.08 Å². The molecule has 0 fully saturated rings. The van der Waals surface area contributed by atoms with E-state index in [0.717, 1.165) is 5.56 Å². The van der Waals surface area contributed by atoms with E-state index in [0.29, 0.717) is 16.3 Å². The van der Waals surface area contributed by atoms with E-state index >= 15 is 0 Å². The van der Waals surface area contributed by atoms with E-state index in [1.54, 1.807) is 50.5 Å². The lowest BCUT2D eigenvalue weighted by Crippen LogP contribution is -2.27. The van der Waals surface area contributed by atoms with E-state index in [9.17, 15) is 9.59 Å². The number of halogens is 1. The Bertz CT molecular complexity index is 769. The average molecular weight is 344 g/mol. The normalized spacial score (nSPS) is 10.6. The number of ketones is 1. The summed E-state index contributed by atoms with van der Waals surface area (Å²) >= 11 is 6.06. The molecule has 4 nitrogen and oxygen atoms in total. The number of hydrogen-bond acceptors (Lipinski definition) is 3. The van der Waals surface area contributed by atoms with Crippen LogP contribution in [-0.2, 0) is 4.79 Å². The van der Waals surface area contributed by atoms with E-state index in [2.05, 4.69) is 0 Å². The van der Waals surface area contributed by atoms with Crippen LogP contribution < -0.4 is 4.74 Å². The third-order valence-electron chi connectivity index (χ3n) is 3.30. The highest BCUT2D eigenvalue weighted by Gasteiger charge is 2.07. The van der Waals surface area contributed by atoms with E-state index in [1.807, 2.05) is 18.2 Å². The second kappa shape index (κ2) is 8.31. The highest BCUT2D eigenvalue weighted by Crippen LogP contribution is 2.18. The van der Waals surface area contributed by atoms with Crippen molar-refractivity contribution in [1.29, 1.82) is 0 Å². The van der Waals surface area contributed by atoms with Crippen LogP contribution in [0.3, 0.4) is 0 Å². The number of benzene rings is 2. The first kappa shape index (κ1) is 17.8. The second-order valence-corrected chi connectivity index (χ2v) is 5.73. The van der Waals surface area contributed by atoms with Gasteiger partial charge in [-0.1, -0.05) is 41.9 Å². The molecule has 5 heteroatoms. The largest absolute Gasteiger partial charge is 0.484 e. The monoisotopic (exact) mass is 343 g/mol. The van der Waals surface area contributed by atoms with Crippen LogP contribution in [0.2, 0.25) is 5.02 Å². The molecule has 0 bridgehead atoms. The van der Waals surface area contributed by atoms with Crippen LogP contribution in [0.15, 0.2) is 54.6 Å². The lowest BCUT2D eigenvalue weighted by Gasteiger charge is -2.11. The molecule has 0 spiro atoms. The Labute approximate surface area is 146 Å². The van der Waals surface area contributed by atoms with E-state index in [1.165, 1.54) is 11.0 Å². The molecule has 0 aliphatic carbocycles. The number of amides is 1. The Hall–Kier alpha value is -2.59. The van der Waals surface area contributed by atoms with Crippen molar-refractivity contribution in [2.45, 2.75) is 0 Å². The van der Waals surface area contributed by atoms with Crippen molar-refractivity contribution in [3.8, 4) is 5.75 Å². The SMILES string of the molecule is CN(C)C(=O)COc1cccc(C(=O)C=Cc2ccccc2Cl)c1. The van der Waals surface area contributed by atoms with Gasteiger partial charge in [0.1, 0.15) is 5.75 Å². The van der Waals surface area contributed by atoms with E-state index in [4.69, 9.17) is 16.3 Å². The lowest BCUT2D eigenvalue weighted by molar-refractivity contribution is -0.130. The van der Waals surface area contributed by atoms with Crippen molar-refractivity contribution in [1.82, 2.24) is 4.90 Å². The number of allylic oxidation sites excluding steroid dienone is 1. The smallest absolute Gasteiger partial charge is 0.259 e. The van der Waals surface area contributed by atoms with Crippen molar-refractivity contribution < 1.29 is 14.3 Å². The lowest BCUT2D eigenvalue weighted by atomic mass is 10.1. The predicted octanol–water partition coefficient (Wildman–Crippen LogP) is 3.70. The first-order valence-corrected chi connectivity index (χ1v) is 7.75. The Kier molecular flexibility index (Phi) is 6.15. The molecule has 0 unspecified atom stereocenters. The summed E-state index contributed by atoms with van der Waals surface area (Å²) in [5.41, 5.74) is 1.25. The van der Waals surface area contributed by atoms with Gasteiger partial charge < -0.3 is 9.64 Å². The van der Waals surface area contributed by atoms with Crippen LogP contribution in [0, 0.1) is 0 Å². The Morgan fingerprint density at radius 3 is 2.58 bits per heavy atom. The Balaban J connectivity index is 2.06. The van der Waals surface area contributed by atoms with Crippen molar-refractivity contribution in [3.05, 3.63) is 70.8 Å². The number of carbonyl (C=O) groups is 2. The zero-order chi connectivity index (χ0) is 17.5. The van der Waals surface area contributed by atoms with Crippen molar-refractivity contribution in [2.24, 2.45) is 0 Å². The van der Waals surface area contributed by atoms with Gasteiger partial charge in [-0.25, -0.2) is 0 Å². The number of nitrogens with zero attached hydrogens (tertiary/aromatic N) is 1. The molecule has 0 N–H and O–H groups in total. The van der Waals surface area contributed by atoms with E-state index in [-0.39, 0.29) is 18.3 Å². The quantitative estimate of drug-likeness (QED) is 0.593. The first-order chi connectivity index (χ1) is 11.5. The Morgan fingerprint density at radius 1 is 1.12 bits per heavy atom. The summed E-state index contributed by atoms with van der Waals surface area (Å²) in [7, 11) is 3.32. The zero-order valence-electron chi connectivity index (χ0n) is 13.5. The summed E-state index contributed by atoms with van der Waals surface area (Å²) < 4.78 is 5.41. The number of ether oxygens (including phenoxy) is 1. The zero-order valence-corrected chi connectivity index (χ0v) is 14.3. The summed E-state index contributed by atoms with van der Waals surface area (Å²) in [6.07, 6.45) is 3.14. The number of carbonyl (C=O) groups excluding carboxylic acids is 2. The van der Waals surface area contributed by atoms with Gasteiger partial charge in [0.05, 0.1) is 0 Å². The Morgan fingerprint density at radius 2 is 1.88 bits per heavy atom. The highest BCUT2D eigenvalue weighted by atomic mass is 35.5. The fourth-order valence-electron chi connectivity index (χ4n) is 1.89. The van der Waals surface area contributed by atoms with Gasteiger partial charge in [-0.05, 0) is 35.9 Å². The summed E-state index contributed by atoms with van der Waals surface area (Å²) in [6.45, 7) is -0.0693. The molecule has 0 heterocycles. The molecule has 1 amide bonds. The van der Waals surface area contributed by atoms with Crippen molar-refractivity contribution in [2.75, 3.05) is 20.7 Å².